The zero-order valence-electron chi connectivity index (χ0n) is 12.7. The molecule has 4 rings (SSSR count). The van der Waals surface area contributed by atoms with E-state index >= 15 is 0 Å². The van der Waals surface area contributed by atoms with Crippen molar-refractivity contribution in [2.45, 2.75) is 38.6 Å². The predicted octanol–water partition coefficient (Wildman–Crippen LogP) is 0.916. The van der Waals surface area contributed by atoms with Gasteiger partial charge < -0.3 is 10.2 Å². The van der Waals surface area contributed by atoms with Gasteiger partial charge in [-0.25, -0.2) is 4.98 Å². The summed E-state index contributed by atoms with van der Waals surface area (Å²) in [5, 5.41) is 3.08. The minimum absolute atomic E-state index is 0.0206. The van der Waals surface area contributed by atoms with Crippen LogP contribution in [0.5, 0.6) is 0 Å². The third-order valence-electron chi connectivity index (χ3n) is 5.10. The van der Waals surface area contributed by atoms with Crippen LogP contribution in [0.2, 0.25) is 0 Å². The van der Waals surface area contributed by atoms with Gasteiger partial charge in [0.15, 0.2) is 0 Å². The van der Waals surface area contributed by atoms with Crippen LogP contribution in [0.15, 0.2) is 12.4 Å². The van der Waals surface area contributed by atoms with Gasteiger partial charge in [-0.05, 0) is 32.6 Å². The lowest BCUT2D eigenvalue weighted by Gasteiger charge is -2.16. The Bertz CT molecular complexity index is 626. The standard InChI is InChI=1S/C16H20N4O2/c1-10-7-18-13(8-17-10)15(22)20-5-4-16(9-20)6-12(16)14(21)19-11-2-3-11/h7-8,11-12H,2-6,9H2,1H3,(H,19,21)/t12-,16-/m0/s1. The number of amides is 2. The summed E-state index contributed by atoms with van der Waals surface area (Å²) >= 11 is 0. The number of carbonyl (C=O) groups is 2. The third-order valence-corrected chi connectivity index (χ3v) is 5.10. The zero-order valence-corrected chi connectivity index (χ0v) is 12.7. The van der Waals surface area contributed by atoms with Crippen molar-refractivity contribution < 1.29 is 9.59 Å². The van der Waals surface area contributed by atoms with Gasteiger partial charge in [-0.15, -0.1) is 0 Å². The fourth-order valence-electron chi connectivity index (χ4n) is 3.43. The Morgan fingerprint density at radius 2 is 2.14 bits per heavy atom. The van der Waals surface area contributed by atoms with Crippen LogP contribution in [0.3, 0.4) is 0 Å². The van der Waals surface area contributed by atoms with Gasteiger partial charge in [0.2, 0.25) is 5.91 Å². The van der Waals surface area contributed by atoms with E-state index in [1.165, 1.54) is 6.20 Å². The molecule has 2 amide bonds. The summed E-state index contributed by atoms with van der Waals surface area (Å²) in [6.07, 6.45) is 7.20. The fourth-order valence-corrected chi connectivity index (χ4v) is 3.43. The van der Waals surface area contributed by atoms with Crippen molar-refractivity contribution >= 4 is 11.8 Å². The number of likely N-dealkylation sites (tertiary alicyclic amines) is 1. The number of nitrogens with zero attached hydrogens (tertiary/aromatic N) is 3. The smallest absolute Gasteiger partial charge is 0.274 e. The van der Waals surface area contributed by atoms with E-state index < -0.39 is 0 Å². The Hall–Kier alpha value is -1.98. The molecule has 1 aromatic heterocycles. The summed E-state index contributed by atoms with van der Waals surface area (Å²) in [7, 11) is 0. The minimum atomic E-state index is -0.0716. The maximum atomic E-state index is 12.5. The van der Waals surface area contributed by atoms with Crippen molar-refractivity contribution in [3.05, 3.63) is 23.8 Å². The molecule has 0 bridgehead atoms. The Labute approximate surface area is 129 Å². The maximum absolute atomic E-state index is 12.5. The van der Waals surface area contributed by atoms with E-state index in [4.69, 9.17) is 0 Å². The van der Waals surface area contributed by atoms with E-state index in [1.807, 2.05) is 11.8 Å². The lowest BCUT2D eigenvalue weighted by atomic mass is 10.0. The molecule has 1 aliphatic heterocycles. The van der Waals surface area contributed by atoms with Gasteiger partial charge in [-0.1, -0.05) is 0 Å². The van der Waals surface area contributed by atoms with Crippen LogP contribution in [0, 0.1) is 18.3 Å². The first-order valence-corrected chi connectivity index (χ1v) is 7.96. The highest BCUT2D eigenvalue weighted by Gasteiger charge is 2.61. The second-order valence-corrected chi connectivity index (χ2v) is 6.92. The molecule has 2 saturated carbocycles. The molecule has 22 heavy (non-hydrogen) atoms. The monoisotopic (exact) mass is 300 g/mol. The molecule has 0 unspecified atom stereocenters. The molecule has 6 nitrogen and oxygen atoms in total. The van der Waals surface area contributed by atoms with Gasteiger partial charge in [0.1, 0.15) is 5.69 Å². The Kier molecular flexibility index (Phi) is 2.96. The summed E-state index contributed by atoms with van der Waals surface area (Å²) in [6.45, 7) is 3.23. The molecule has 1 N–H and O–H groups in total. The molecule has 2 atom stereocenters. The summed E-state index contributed by atoms with van der Waals surface area (Å²) in [4.78, 5) is 34.7. The molecule has 0 radical (unpaired) electrons. The SMILES string of the molecule is Cc1cnc(C(=O)N2CC[C@]3(C[C@H]3C(=O)NC3CC3)C2)cn1. The van der Waals surface area contributed by atoms with Crippen LogP contribution in [-0.2, 0) is 4.79 Å². The first kappa shape index (κ1) is 13.7. The topological polar surface area (TPSA) is 75.2 Å². The van der Waals surface area contributed by atoms with Gasteiger partial charge in [0, 0.05) is 36.7 Å². The largest absolute Gasteiger partial charge is 0.353 e. The summed E-state index contributed by atoms with van der Waals surface area (Å²) in [5.41, 5.74) is 1.21. The van der Waals surface area contributed by atoms with E-state index in [0.717, 1.165) is 31.4 Å². The molecule has 2 aliphatic carbocycles. The Morgan fingerprint density at radius 1 is 1.32 bits per heavy atom. The van der Waals surface area contributed by atoms with E-state index in [1.54, 1.807) is 6.20 Å². The second kappa shape index (κ2) is 4.76. The first-order valence-electron chi connectivity index (χ1n) is 7.96. The van der Waals surface area contributed by atoms with Crippen LogP contribution < -0.4 is 5.32 Å². The van der Waals surface area contributed by atoms with E-state index in [9.17, 15) is 9.59 Å². The zero-order chi connectivity index (χ0) is 15.3. The molecule has 0 aromatic carbocycles. The maximum Gasteiger partial charge on any atom is 0.274 e. The normalized spacial score (nSPS) is 29.7. The van der Waals surface area contributed by atoms with Gasteiger partial charge in [0.05, 0.1) is 11.9 Å². The van der Waals surface area contributed by atoms with Crippen molar-refractivity contribution in [2.75, 3.05) is 13.1 Å². The molecule has 3 fully saturated rings. The second-order valence-electron chi connectivity index (χ2n) is 6.92. The van der Waals surface area contributed by atoms with Crippen LogP contribution in [-0.4, -0.2) is 45.8 Å². The van der Waals surface area contributed by atoms with Crippen molar-refractivity contribution in [3.8, 4) is 0 Å². The van der Waals surface area contributed by atoms with E-state index in [0.29, 0.717) is 24.8 Å². The Morgan fingerprint density at radius 3 is 2.82 bits per heavy atom. The van der Waals surface area contributed by atoms with E-state index in [-0.39, 0.29) is 23.1 Å². The minimum Gasteiger partial charge on any atom is -0.353 e. The van der Waals surface area contributed by atoms with Crippen LogP contribution >= 0.6 is 0 Å². The fraction of sp³-hybridized carbons (Fsp3) is 0.625. The predicted molar refractivity (Wildman–Crippen MR) is 79.0 cm³/mol. The average Bonchev–Trinajstić information content (AvgIpc) is 3.38. The Balaban J connectivity index is 1.39. The number of aromatic nitrogens is 2. The van der Waals surface area contributed by atoms with Gasteiger partial charge in [0.25, 0.3) is 5.91 Å². The van der Waals surface area contributed by atoms with Crippen LogP contribution in [0.1, 0.15) is 41.9 Å². The molecule has 116 valence electrons. The number of aryl methyl sites for hydroxylation is 1. The number of nitrogens with one attached hydrogen (secondary N) is 1. The van der Waals surface area contributed by atoms with Crippen LogP contribution in [0.4, 0.5) is 0 Å². The highest BCUT2D eigenvalue weighted by molar-refractivity contribution is 5.92. The summed E-state index contributed by atoms with van der Waals surface area (Å²) in [6, 6.07) is 0.409. The summed E-state index contributed by atoms with van der Waals surface area (Å²) < 4.78 is 0. The van der Waals surface area contributed by atoms with Crippen LogP contribution in [0.25, 0.3) is 0 Å². The molecule has 1 saturated heterocycles. The first-order chi connectivity index (χ1) is 10.6. The van der Waals surface area contributed by atoms with Gasteiger partial charge >= 0.3 is 0 Å². The quantitative estimate of drug-likeness (QED) is 0.900. The molecule has 1 aromatic rings. The highest BCUT2D eigenvalue weighted by Crippen LogP contribution is 2.58. The lowest BCUT2D eigenvalue weighted by molar-refractivity contribution is -0.123. The van der Waals surface area contributed by atoms with Crippen molar-refractivity contribution in [1.29, 1.82) is 0 Å². The number of hydrogen-bond acceptors (Lipinski definition) is 4. The molecule has 1 spiro atoms. The number of rotatable bonds is 3. The van der Waals surface area contributed by atoms with Crippen molar-refractivity contribution in [1.82, 2.24) is 20.2 Å². The molecular weight excluding hydrogens is 280 g/mol. The van der Waals surface area contributed by atoms with Gasteiger partial charge in [-0.3, -0.25) is 14.6 Å². The number of carbonyl (C=O) groups excluding carboxylic acids is 2. The lowest BCUT2D eigenvalue weighted by Crippen LogP contribution is -2.32. The molecular formula is C16H20N4O2. The van der Waals surface area contributed by atoms with Crippen molar-refractivity contribution in [2.24, 2.45) is 11.3 Å². The average molecular weight is 300 g/mol. The van der Waals surface area contributed by atoms with Gasteiger partial charge in [-0.2, -0.15) is 0 Å². The molecule has 2 heterocycles. The number of hydrogen-bond donors (Lipinski definition) is 1. The molecule has 3 aliphatic rings. The molecule has 6 heteroatoms. The van der Waals surface area contributed by atoms with Crippen molar-refractivity contribution in [3.63, 3.8) is 0 Å². The highest BCUT2D eigenvalue weighted by atomic mass is 16.2. The van der Waals surface area contributed by atoms with E-state index in [2.05, 4.69) is 15.3 Å². The summed E-state index contributed by atoms with van der Waals surface area (Å²) in [5.74, 6) is 0.208. The third kappa shape index (κ3) is 2.36.